The van der Waals surface area contributed by atoms with Crippen molar-refractivity contribution in [1.82, 2.24) is 19.6 Å². The van der Waals surface area contributed by atoms with Crippen molar-refractivity contribution in [2.24, 2.45) is 0 Å². The van der Waals surface area contributed by atoms with Gasteiger partial charge in [0, 0.05) is 15.7 Å². The van der Waals surface area contributed by atoms with Crippen molar-refractivity contribution in [3.63, 3.8) is 0 Å². The highest BCUT2D eigenvalue weighted by Crippen LogP contribution is 2.40. The second-order valence-corrected chi connectivity index (χ2v) is 7.91. The summed E-state index contributed by atoms with van der Waals surface area (Å²) in [4.78, 5) is 32.5. The fourth-order valence-corrected chi connectivity index (χ4v) is 4.51. The Bertz CT molecular complexity index is 1370. The molecule has 0 bridgehead atoms. The summed E-state index contributed by atoms with van der Waals surface area (Å²) < 4.78 is 18.7. The van der Waals surface area contributed by atoms with Crippen molar-refractivity contribution >= 4 is 28.2 Å². The van der Waals surface area contributed by atoms with Crippen LogP contribution in [-0.4, -0.2) is 31.9 Å². The highest BCUT2D eigenvalue weighted by atomic mass is 79.9. The van der Waals surface area contributed by atoms with Crippen LogP contribution in [0.5, 0.6) is 0 Å². The topological polar surface area (TPSA) is 104 Å². The molecule has 0 radical (unpaired) electrons. The average molecular weight is 511 g/mol. The van der Waals surface area contributed by atoms with Crippen LogP contribution in [0.1, 0.15) is 16.8 Å². The summed E-state index contributed by atoms with van der Waals surface area (Å²) >= 11 is 3.58. The van der Waals surface area contributed by atoms with Crippen molar-refractivity contribution in [1.29, 1.82) is 0 Å². The van der Waals surface area contributed by atoms with Crippen LogP contribution in [0.15, 0.2) is 53.1 Å². The summed E-state index contributed by atoms with van der Waals surface area (Å²) in [6.07, 6.45) is 2.31. The van der Waals surface area contributed by atoms with E-state index in [-0.39, 0.29) is 18.1 Å². The molecule has 8 nitrogen and oxygen atoms in total. The van der Waals surface area contributed by atoms with Crippen LogP contribution in [0, 0.1) is 19.7 Å². The van der Waals surface area contributed by atoms with Gasteiger partial charge in [-0.3, -0.25) is 0 Å². The van der Waals surface area contributed by atoms with Crippen LogP contribution in [-0.2, 0) is 25.7 Å². The van der Waals surface area contributed by atoms with Gasteiger partial charge in [0.1, 0.15) is 11.5 Å². The molecule has 0 saturated carbocycles. The van der Waals surface area contributed by atoms with Crippen LogP contribution in [0.4, 0.5) is 4.39 Å². The maximum absolute atomic E-state index is 13.4. The Morgan fingerprint density at radius 2 is 1.64 bits per heavy atom. The fraction of sp³-hybridized carbons (Fsp3) is 0.130. The Morgan fingerprint density at radius 3 is 2.27 bits per heavy atom. The maximum Gasteiger partial charge on any atom is 0.373 e. The third-order valence-electron chi connectivity index (χ3n) is 5.29. The van der Waals surface area contributed by atoms with Crippen LogP contribution in [0.3, 0.4) is 0 Å². The van der Waals surface area contributed by atoms with Gasteiger partial charge in [0.05, 0.1) is 24.1 Å². The largest absolute Gasteiger partial charge is 0.373 e. The molecule has 166 valence electrons. The minimum absolute atomic E-state index is 0.226. The van der Waals surface area contributed by atoms with E-state index in [9.17, 15) is 4.39 Å². The second-order valence-electron chi connectivity index (χ2n) is 7.00. The van der Waals surface area contributed by atoms with E-state index in [1.165, 1.54) is 17.7 Å². The molecule has 0 amide bonds. The first-order chi connectivity index (χ1) is 15.9. The fourth-order valence-electron chi connectivity index (χ4n) is 4.10. The number of carbonyl (C=O) groups excluding carboxylic acids is 4. The number of aromatic nitrogens is 4. The summed E-state index contributed by atoms with van der Waals surface area (Å²) in [5, 5.41) is 8.51. The van der Waals surface area contributed by atoms with Crippen LogP contribution in [0.25, 0.3) is 28.2 Å². The number of rotatable bonds is 1. The van der Waals surface area contributed by atoms with E-state index in [0.29, 0.717) is 0 Å². The summed E-state index contributed by atoms with van der Waals surface area (Å²) in [7, 11) is 0. The Hall–Kier alpha value is -3.97. The molecular formula is C23H16BrFN4O4. The van der Waals surface area contributed by atoms with Gasteiger partial charge < -0.3 is 4.57 Å². The summed E-state index contributed by atoms with van der Waals surface area (Å²) in [6, 6.07) is 12.9. The first-order valence-corrected chi connectivity index (χ1v) is 10.3. The standard InChI is InChI=1S/C21H16BrFN4.2CO2/c1-12-20(14-3-6-17(23)7-4-14)13(2)26-11-15-9-16(22)5-8-18(15)27-19(21(12)26)10-24-25-27;2*2-1-3/h3-10H,11H2,1-2H3;;. The summed E-state index contributed by atoms with van der Waals surface area (Å²) in [5.41, 5.74) is 8.71. The van der Waals surface area contributed by atoms with E-state index < -0.39 is 0 Å². The van der Waals surface area contributed by atoms with Crippen molar-refractivity contribution in [3.05, 3.63) is 75.8 Å². The average Bonchev–Trinajstić information content (AvgIpc) is 3.29. The highest BCUT2D eigenvalue weighted by molar-refractivity contribution is 9.10. The van der Waals surface area contributed by atoms with Crippen LogP contribution in [0.2, 0.25) is 0 Å². The van der Waals surface area contributed by atoms with Gasteiger partial charge in [0.25, 0.3) is 0 Å². The van der Waals surface area contributed by atoms with Gasteiger partial charge in [-0.2, -0.15) is 19.2 Å². The molecule has 0 atom stereocenters. The van der Waals surface area contributed by atoms with Crippen molar-refractivity contribution in [2.75, 3.05) is 0 Å². The molecule has 2 aromatic carbocycles. The van der Waals surface area contributed by atoms with E-state index in [1.54, 1.807) is 0 Å². The molecule has 0 spiro atoms. The zero-order valence-corrected chi connectivity index (χ0v) is 19.1. The lowest BCUT2D eigenvalue weighted by molar-refractivity contribution is -0.193. The first kappa shape index (κ1) is 23.7. The third-order valence-corrected chi connectivity index (χ3v) is 5.78. The smallest absolute Gasteiger partial charge is 0.338 e. The van der Waals surface area contributed by atoms with E-state index in [2.05, 4.69) is 56.8 Å². The van der Waals surface area contributed by atoms with Crippen molar-refractivity contribution < 1.29 is 23.6 Å². The molecule has 2 aromatic heterocycles. The van der Waals surface area contributed by atoms with Gasteiger partial charge in [-0.25, -0.2) is 9.07 Å². The minimum Gasteiger partial charge on any atom is -0.338 e. The molecule has 0 aliphatic carbocycles. The number of fused-ring (bicyclic) bond motifs is 5. The van der Waals surface area contributed by atoms with Gasteiger partial charge in [-0.1, -0.05) is 33.3 Å². The number of benzene rings is 2. The second kappa shape index (κ2) is 10.1. The quantitative estimate of drug-likeness (QED) is 0.336. The number of hydrogen-bond donors (Lipinski definition) is 0. The Kier molecular flexibility index (Phi) is 7.25. The lowest BCUT2D eigenvalue weighted by Crippen LogP contribution is -2.04. The number of nitrogens with zero attached hydrogens (tertiary/aromatic N) is 4. The molecule has 0 saturated heterocycles. The van der Waals surface area contributed by atoms with E-state index >= 15 is 0 Å². The zero-order chi connectivity index (χ0) is 24.1. The molecule has 0 unspecified atom stereocenters. The van der Waals surface area contributed by atoms with E-state index in [4.69, 9.17) is 19.2 Å². The lowest BCUT2D eigenvalue weighted by atomic mass is 10.0. The highest BCUT2D eigenvalue weighted by Gasteiger charge is 2.27. The van der Waals surface area contributed by atoms with Gasteiger partial charge in [-0.15, -0.1) is 5.10 Å². The molecule has 10 heteroatoms. The molecule has 4 aromatic rings. The minimum atomic E-state index is -0.226. The summed E-state index contributed by atoms with van der Waals surface area (Å²) in [5.74, 6) is -0.226. The molecule has 33 heavy (non-hydrogen) atoms. The lowest BCUT2D eigenvalue weighted by Gasteiger charge is -2.11. The predicted molar refractivity (Wildman–Crippen MR) is 116 cm³/mol. The molecule has 0 fully saturated rings. The SMILES string of the molecule is Cc1c(-c2ccc(F)cc2)c(C)n2c1-c1cnnn1-c1ccc(Br)cc1C2.O=C=O.O=C=O. The molecule has 1 aliphatic rings. The third kappa shape index (κ3) is 4.49. The maximum atomic E-state index is 13.4. The Labute approximate surface area is 195 Å². The van der Waals surface area contributed by atoms with E-state index in [1.807, 2.05) is 29.1 Å². The molecule has 0 N–H and O–H groups in total. The van der Waals surface area contributed by atoms with E-state index in [0.717, 1.165) is 50.5 Å². The molecular weight excluding hydrogens is 495 g/mol. The zero-order valence-electron chi connectivity index (χ0n) is 17.5. The Balaban J connectivity index is 0.000000464. The molecule has 1 aliphatic heterocycles. The number of hydrogen-bond acceptors (Lipinski definition) is 6. The van der Waals surface area contributed by atoms with Crippen LogP contribution < -0.4 is 0 Å². The van der Waals surface area contributed by atoms with Crippen molar-refractivity contribution in [2.45, 2.75) is 20.4 Å². The van der Waals surface area contributed by atoms with Crippen molar-refractivity contribution in [3.8, 4) is 28.2 Å². The first-order valence-electron chi connectivity index (χ1n) is 9.51. The van der Waals surface area contributed by atoms with Gasteiger partial charge >= 0.3 is 12.3 Å². The van der Waals surface area contributed by atoms with Crippen LogP contribution >= 0.6 is 15.9 Å². The Morgan fingerprint density at radius 1 is 1.00 bits per heavy atom. The molecule has 3 heterocycles. The van der Waals surface area contributed by atoms with Gasteiger partial charge in [0.2, 0.25) is 0 Å². The molecule has 5 rings (SSSR count). The number of halogens is 2. The van der Waals surface area contributed by atoms with Gasteiger partial charge in [-0.05, 0) is 60.9 Å². The van der Waals surface area contributed by atoms with Gasteiger partial charge in [0.15, 0.2) is 0 Å². The predicted octanol–water partition coefficient (Wildman–Crippen LogP) is 4.12. The normalized spacial score (nSPS) is 10.5. The summed E-state index contributed by atoms with van der Waals surface area (Å²) in [6.45, 7) is 4.97. The monoisotopic (exact) mass is 510 g/mol.